The Bertz CT molecular complexity index is 889. The molecule has 3 rings (SSSR count). The topological polar surface area (TPSA) is 44.0 Å². The van der Waals surface area contributed by atoms with E-state index in [2.05, 4.69) is 0 Å². The lowest BCUT2D eigenvalue weighted by molar-refractivity contribution is 0.572. The molecule has 0 N–H and O–H groups in total. The first-order valence-corrected chi connectivity index (χ1v) is 7.84. The zero-order chi connectivity index (χ0) is 14.8. The van der Waals surface area contributed by atoms with Crippen molar-refractivity contribution >= 4 is 21.4 Å². The molecule has 0 saturated heterocycles. The average Bonchev–Trinajstić information content (AvgIpc) is 2.90. The number of aromatic nitrogens is 2. The predicted molar refractivity (Wildman–Crippen MR) is 86.2 cm³/mol. The normalized spacial score (nSPS) is 11.1. The van der Waals surface area contributed by atoms with Crippen LogP contribution in [0.15, 0.2) is 51.5 Å². The van der Waals surface area contributed by atoms with Gasteiger partial charge in [-0.1, -0.05) is 25.1 Å². The maximum atomic E-state index is 12.4. The van der Waals surface area contributed by atoms with Gasteiger partial charge in [0.15, 0.2) is 0 Å². The average molecular weight is 300 g/mol. The van der Waals surface area contributed by atoms with Crippen LogP contribution in [0.4, 0.5) is 0 Å². The minimum Gasteiger partial charge on any atom is -0.300 e. The summed E-state index contributed by atoms with van der Waals surface area (Å²) in [4.78, 5) is 24.4. The Labute approximate surface area is 125 Å². The molecule has 0 aliphatic heterocycles. The Balaban J connectivity index is 2.07. The van der Waals surface area contributed by atoms with Crippen molar-refractivity contribution < 1.29 is 0 Å². The lowest BCUT2D eigenvalue weighted by Gasteiger charge is -2.08. The Morgan fingerprint density at radius 3 is 2.76 bits per heavy atom. The smallest absolute Gasteiger partial charge is 0.300 e. The van der Waals surface area contributed by atoms with E-state index < -0.39 is 0 Å². The summed E-state index contributed by atoms with van der Waals surface area (Å²) in [7, 11) is 0. The molecule has 2 heterocycles. The van der Waals surface area contributed by atoms with Crippen LogP contribution < -0.4 is 11.2 Å². The molecular weight excluding hydrogens is 284 g/mol. The molecule has 4 nitrogen and oxygen atoms in total. The first kappa shape index (κ1) is 13.8. The molecule has 0 aliphatic carbocycles. The summed E-state index contributed by atoms with van der Waals surface area (Å²) >= 11 is 1.64. The maximum absolute atomic E-state index is 12.4. The van der Waals surface area contributed by atoms with Crippen LogP contribution in [0.2, 0.25) is 0 Å². The Morgan fingerprint density at radius 2 is 1.95 bits per heavy atom. The van der Waals surface area contributed by atoms with Crippen molar-refractivity contribution in [3.05, 3.63) is 68.3 Å². The number of nitrogens with zero attached hydrogens (tertiary/aromatic N) is 2. The molecule has 0 atom stereocenters. The van der Waals surface area contributed by atoms with Crippen LogP contribution in [-0.2, 0) is 13.1 Å². The zero-order valence-electron chi connectivity index (χ0n) is 11.8. The molecule has 0 fully saturated rings. The molecule has 0 bridgehead atoms. The van der Waals surface area contributed by atoms with Crippen LogP contribution in [0.25, 0.3) is 10.1 Å². The predicted octanol–water partition coefficient (Wildman–Crippen LogP) is 2.68. The van der Waals surface area contributed by atoms with E-state index in [1.54, 1.807) is 22.1 Å². The standard InChI is InChI=1S/C16H16N2O2S/c1-2-8-17-9-7-15(19)18(16(17)20)10-12-11-21-14-6-4-3-5-13(12)14/h3-7,9,11H,2,8,10H2,1H3. The Kier molecular flexibility index (Phi) is 3.75. The Morgan fingerprint density at radius 1 is 1.14 bits per heavy atom. The second-order valence-electron chi connectivity index (χ2n) is 4.97. The molecular formula is C16H16N2O2S. The number of hydrogen-bond donors (Lipinski definition) is 0. The quantitative estimate of drug-likeness (QED) is 0.743. The van der Waals surface area contributed by atoms with E-state index in [-0.39, 0.29) is 11.2 Å². The minimum atomic E-state index is -0.248. The number of fused-ring (bicyclic) bond motifs is 1. The van der Waals surface area contributed by atoms with Gasteiger partial charge in [-0.2, -0.15) is 0 Å². The van der Waals surface area contributed by atoms with Crippen molar-refractivity contribution in [3.8, 4) is 0 Å². The summed E-state index contributed by atoms with van der Waals surface area (Å²) in [5, 5.41) is 3.13. The monoisotopic (exact) mass is 300 g/mol. The zero-order valence-corrected chi connectivity index (χ0v) is 12.6. The van der Waals surface area contributed by atoms with E-state index in [1.807, 2.05) is 36.6 Å². The minimum absolute atomic E-state index is 0.236. The van der Waals surface area contributed by atoms with Crippen molar-refractivity contribution in [2.75, 3.05) is 0 Å². The van der Waals surface area contributed by atoms with E-state index in [1.165, 1.54) is 15.3 Å². The molecule has 2 aromatic heterocycles. The summed E-state index contributed by atoms with van der Waals surface area (Å²) in [6.45, 7) is 2.96. The summed E-state index contributed by atoms with van der Waals surface area (Å²) in [5.41, 5.74) is 0.534. The van der Waals surface area contributed by atoms with Gasteiger partial charge in [-0.05, 0) is 28.8 Å². The van der Waals surface area contributed by atoms with Gasteiger partial charge in [0.25, 0.3) is 5.56 Å². The van der Waals surface area contributed by atoms with Gasteiger partial charge >= 0.3 is 5.69 Å². The van der Waals surface area contributed by atoms with Crippen LogP contribution in [0, 0.1) is 0 Å². The molecule has 0 aliphatic rings. The fourth-order valence-corrected chi connectivity index (χ4v) is 3.39. The van der Waals surface area contributed by atoms with Crippen LogP contribution in [0.3, 0.4) is 0 Å². The highest BCUT2D eigenvalue weighted by atomic mass is 32.1. The number of benzene rings is 1. The lowest BCUT2D eigenvalue weighted by Crippen LogP contribution is -2.39. The molecule has 0 amide bonds. The van der Waals surface area contributed by atoms with Gasteiger partial charge in [0.2, 0.25) is 0 Å². The molecule has 3 aromatic rings. The van der Waals surface area contributed by atoms with Gasteiger partial charge in [0.05, 0.1) is 6.54 Å². The van der Waals surface area contributed by atoms with Crippen LogP contribution in [0.1, 0.15) is 18.9 Å². The first-order valence-electron chi connectivity index (χ1n) is 6.96. The molecule has 0 unspecified atom stereocenters. The second-order valence-corrected chi connectivity index (χ2v) is 5.88. The van der Waals surface area contributed by atoms with Gasteiger partial charge < -0.3 is 4.57 Å². The summed E-state index contributed by atoms with van der Waals surface area (Å²) < 4.78 is 4.07. The van der Waals surface area contributed by atoms with Gasteiger partial charge in [0, 0.05) is 23.5 Å². The van der Waals surface area contributed by atoms with Gasteiger partial charge in [-0.3, -0.25) is 9.36 Å². The Hall–Kier alpha value is -2.14. The van der Waals surface area contributed by atoms with Crippen molar-refractivity contribution in [2.24, 2.45) is 0 Å². The van der Waals surface area contributed by atoms with Crippen molar-refractivity contribution in [1.82, 2.24) is 9.13 Å². The SMILES string of the molecule is CCCn1ccc(=O)n(Cc2csc3ccccc23)c1=O. The van der Waals surface area contributed by atoms with Gasteiger partial charge in [-0.15, -0.1) is 11.3 Å². The highest BCUT2D eigenvalue weighted by Gasteiger charge is 2.09. The highest BCUT2D eigenvalue weighted by molar-refractivity contribution is 7.17. The number of hydrogen-bond acceptors (Lipinski definition) is 3. The van der Waals surface area contributed by atoms with E-state index in [0.717, 1.165) is 17.4 Å². The maximum Gasteiger partial charge on any atom is 0.331 e. The van der Waals surface area contributed by atoms with Crippen molar-refractivity contribution in [3.63, 3.8) is 0 Å². The van der Waals surface area contributed by atoms with Gasteiger partial charge in [-0.25, -0.2) is 4.79 Å². The number of thiophene rings is 1. The molecule has 21 heavy (non-hydrogen) atoms. The summed E-state index contributed by atoms with van der Waals surface area (Å²) in [5.74, 6) is 0. The van der Waals surface area contributed by atoms with Crippen LogP contribution in [0.5, 0.6) is 0 Å². The molecule has 108 valence electrons. The number of aryl methyl sites for hydroxylation is 1. The molecule has 1 aromatic carbocycles. The van der Waals surface area contributed by atoms with Crippen molar-refractivity contribution in [1.29, 1.82) is 0 Å². The van der Waals surface area contributed by atoms with Gasteiger partial charge in [0.1, 0.15) is 0 Å². The second kappa shape index (κ2) is 5.69. The summed E-state index contributed by atoms with van der Waals surface area (Å²) in [6, 6.07) is 9.51. The van der Waals surface area contributed by atoms with E-state index in [0.29, 0.717) is 13.1 Å². The number of rotatable bonds is 4. The summed E-state index contributed by atoms with van der Waals surface area (Å²) in [6.07, 6.45) is 2.44. The van der Waals surface area contributed by atoms with Crippen LogP contribution in [-0.4, -0.2) is 9.13 Å². The van der Waals surface area contributed by atoms with E-state index >= 15 is 0 Å². The third kappa shape index (κ3) is 2.56. The largest absolute Gasteiger partial charge is 0.331 e. The molecule has 5 heteroatoms. The highest BCUT2D eigenvalue weighted by Crippen LogP contribution is 2.25. The van der Waals surface area contributed by atoms with Crippen LogP contribution >= 0.6 is 11.3 Å². The first-order chi connectivity index (χ1) is 10.2. The lowest BCUT2D eigenvalue weighted by atomic mass is 10.2. The van der Waals surface area contributed by atoms with Crippen molar-refractivity contribution in [2.45, 2.75) is 26.4 Å². The molecule has 0 saturated carbocycles. The molecule has 0 spiro atoms. The fourth-order valence-electron chi connectivity index (χ4n) is 2.44. The molecule has 0 radical (unpaired) electrons. The third-order valence-corrected chi connectivity index (χ3v) is 4.51. The fraction of sp³-hybridized carbons (Fsp3) is 0.250. The third-order valence-electron chi connectivity index (χ3n) is 3.49. The van der Waals surface area contributed by atoms with E-state index in [9.17, 15) is 9.59 Å². The van der Waals surface area contributed by atoms with E-state index in [4.69, 9.17) is 0 Å².